The number of methoxy groups -OCH3 is 1. The minimum Gasteiger partial charge on any atom is -0.497 e. The molecule has 4 aromatic rings. The van der Waals surface area contributed by atoms with Crippen LogP contribution in [-0.4, -0.2) is 16.7 Å². The van der Waals surface area contributed by atoms with E-state index in [0.717, 1.165) is 17.3 Å². The number of imidazole rings is 1. The van der Waals surface area contributed by atoms with Crippen molar-refractivity contribution in [1.82, 2.24) is 9.55 Å². The summed E-state index contributed by atoms with van der Waals surface area (Å²) in [6.07, 6.45) is -3.53. The van der Waals surface area contributed by atoms with Crippen molar-refractivity contribution < 1.29 is 22.3 Å². The lowest BCUT2D eigenvalue weighted by atomic mass is 10.2. The average Bonchev–Trinajstić information content (AvgIpc) is 3.36. The van der Waals surface area contributed by atoms with Crippen LogP contribution in [0.1, 0.15) is 11.3 Å². The van der Waals surface area contributed by atoms with Gasteiger partial charge < -0.3 is 13.7 Å². The van der Waals surface area contributed by atoms with Crippen molar-refractivity contribution >= 4 is 0 Å². The van der Waals surface area contributed by atoms with Crippen molar-refractivity contribution in [3.05, 3.63) is 84.2 Å². The Morgan fingerprint density at radius 1 is 0.931 bits per heavy atom. The first-order chi connectivity index (χ1) is 13.9. The molecule has 2 aromatic carbocycles. The molecule has 2 aromatic heterocycles. The molecule has 0 fully saturated rings. The standard InChI is InChI=1S/C22H17F3N2O2/c1-28-17-9-7-16(8-10-17)18-11-12-19(29-18)21-26-20(22(23,24)25)14-27(21)13-15-5-3-2-4-6-15/h2-12,14H,13H2,1H3. The second-order valence-corrected chi connectivity index (χ2v) is 6.45. The highest BCUT2D eigenvalue weighted by Gasteiger charge is 2.35. The van der Waals surface area contributed by atoms with Crippen LogP contribution < -0.4 is 4.74 Å². The van der Waals surface area contributed by atoms with Crippen LogP contribution in [0.4, 0.5) is 13.2 Å². The first-order valence-electron chi connectivity index (χ1n) is 8.87. The van der Waals surface area contributed by atoms with Crippen molar-refractivity contribution in [2.24, 2.45) is 0 Å². The number of hydrogen-bond donors (Lipinski definition) is 0. The Labute approximate surface area is 165 Å². The highest BCUT2D eigenvalue weighted by atomic mass is 19.4. The molecule has 4 nitrogen and oxygen atoms in total. The lowest BCUT2D eigenvalue weighted by molar-refractivity contribution is -0.140. The fourth-order valence-corrected chi connectivity index (χ4v) is 3.02. The maximum absolute atomic E-state index is 13.3. The minimum atomic E-state index is -4.54. The van der Waals surface area contributed by atoms with Crippen molar-refractivity contribution in [2.75, 3.05) is 7.11 Å². The highest BCUT2D eigenvalue weighted by molar-refractivity contribution is 5.62. The molecule has 0 unspecified atom stereocenters. The monoisotopic (exact) mass is 398 g/mol. The number of aromatic nitrogens is 2. The summed E-state index contributed by atoms with van der Waals surface area (Å²) in [5, 5.41) is 0. The number of alkyl halides is 3. The van der Waals surface area contributed by atoms with Gasteiger partial charge >= 0.3 is 6.18 Å². The van der Waals surface area contributed by atoms with Crippen LogP contribution in [0.5, 0.6) is 5.75 Å². The maximum Gasteiger partial charge on any atom is 0.434 e. The highest BCUT2D eigenvalue weighted by Crippen LogP contribution is 2.34. The van der Waals surface area contributed by atoms with Gasteiger partial charge in [-0.05, 0) is 42.0 Å². The number of ether oxygens (including phenoxy) is 1. The summed E-state index contributed by atoms with van der Waals surface area (Å²) >= 11 is 0. The van der Waals surface area contributed by atoms with Gasteiger partial charge in [0.2, 0.25) is 0 Å². The van der Waals surface area contributed by atoms with Gasteiger partial charge in [-0.1, -0.05) is 30.3 Å². The van der Waals surface area contributed by atoms with Crippen LogP contribution in [0.2, 0.25) is 0 Å². The lowest BCUT2D eigenvalue weighted by Gasteiger charge is -2.06. The van der Waals surface area contributed by atoms with E-state index in [1.54, 1.807) is 31.4 Å². The predicted molar refractivity (Wildman–Crippen MR) is 102 cm³/mol. The van der Waals surface area contributed by atoms with E-state index < -0.39 is 11.9 Å². The Morgan fingerprint density at radius 3 is 2.28 bits per heavy atom. The summed E-state index contributed by atoms with van der Waals surface area (Å²) in [6.45, 7) is 0.248. The maximum atomic E-state index is 13.3. The van der Waals surface area contributed by atoms with Gasteiger partial charge in [0, 0.05) is 18.3 Å². The Kier molecular flexibility index (Phi) is 4.88. The fourth-order valence-electron chi connectivity index (χ4n) is 3.02. The molecule has 0 saturated carbocycles. The van der Waals surface area contributed by atoms with Crippen LogP contribution in [0, 0.1) is 0 Å². The molecule has 148 valence electrons. The number of nitrogens with zero attached hydrogens (tertiary/aromatic N) is 2. The van der Waals surface area contributed by atoms with E-state index in [1.165, 1.54) is 4.57 Å². The summed E-state index contributed by atoms with van der Waals surface area (Å²) in [7, 11) is 1.57. The zero-order valence-electron chi connectivity index (χ0n) is 15.5. The van der Waals surface area contributed by atoms with Crippen LogP contribution in [0.15, 0.2) is 77.3 Å². The normalized spacial score (nSPS) is 11.6. The van der Waals surface area contributed by atoms with E-state index in [0.29, 0.717) is 11.5 Å². The number of furan rings is 1. The summed E-state index contributed by atoms with van der Waals surface area (Å²) in [5.41, 5.74) is 0.696. The molecular weight excluding hydrogens is 381 g/mol. The molecule has 0 bridgehead atoms. The number of halogens is 3. The van der Waals surface area contributed by atoms with Gasteiger partial charge in [0.25, 0.3) is 0 Å². The van der Waals surface area contributed by atoms with Gasteiger partial charge in [-0.2, -0.15) is 13.2 Å². The molecule has 7 heteroatoms. The van der Waals surface area contributed by atoms with E-state index >= 15 is 0 Å². The predicted octanol–water partition coefficient (Wildman–Crippen LogP) is 5.89. The Bertz CT molecular complexity index is 1100. The number of hydrogen-bond acceptors (Lipinski definition) is 3. The first-order valence-corrected chi connectivity index (χ1v) is 8.87. The van der Waals surface area contributed by atoms with Crippen LogP contribution in [-0.2, 0) is 12.7 Å². The van der Waals surface area contributed by atoms with Crippen molar-refractivity contribution in [3.8, 4) is 28.7 Å². The molecule has 0 aliphatic heterocycles. The lowest BCUT2D eigenvalue weighted by Crippen LogP contribution is -2.05. The number of benzene rings is 2. The molecule has 0 amide bonds. The van der Waals surface area contributed by atoms with Crippen molar-refractivity contribution in [3.63, 3.8) is 0 Å². The molecule has 0 N–H and O–H groups in total. The third-order valence-electron chi connectivity index (χ3n) is 4.46. The Morgan fingerprint density at radius 2 is 1.62 bits per heavy atom. The third-order valence-corrected chi connectivity index (χ3v) is 4.46. The van der Waals surface area contributed by atoms with E-state index in [9.17, 15) is 13.2 Å². The van der Waals surface area contributed by atoms with Crippen molar-refractivity contribution in [1.29, 1.82) is 0 Å². The average molecular weight is 398 g/mol. The largest absolute Gasteiger partial charge is 0.497 e. The van der Waals surface area contributed by atoms with E-state index in [4.69, 9.17) is 9.15 Å². The van der Waals surface area contributed by atoms with E-state index in [1.807, 2.05) is 42.5 Å². The van der Waals surface area contributed by atoms with E-state index in [2.05, 4.69) is 4.98 Å². The molecule has 2 heterocycles. The summed E-state index contributed by atoms with van der Waals surface area (Å²) < 4.78 is 52.2. The molecule has 0 aliphatic rings. The van der Waals surface area contributed by atoms with E-state index in [-0.39, 0.29) is 18.1 Å². The Balaban J connectivity index is 1.71. The molecule has 4 rings (SSSR count). The SMILES string of the molecule is COc1ccc(-c2ccc(-c3nc(C(F)(F)F)cn3Cc3ccccc3)o2)cc1. The Hall–Kier alpha value is -3.48. The van der Waals surface area contributed by atoms with Crippen molar-refractivity contribution in [2.45, 2.75) is 12.7 Å². The van der Waals surface area contributed by atoms with Gasteiger partial charge in [0.05, 0.1) is 7.11 Å². The van der Waals surface area contributed by atoms with Gasteiger partial charge in [0.1, 0.15) is 11.5 Å². The first kappa shape index (κ1) is 18.9. The minimum absolute atomic E-state index is 0.126. The van der Waals surface area contributed by atoms with Crippen LogP contribution in [0.25, 0.3) is 22.9 Å². The third kappa shape index (κ3) is 4.03. The molecule has 0 radical (unpaired) electrons. The second kappa shape index (κ2) is 7.50. The molecule has 0 atom stereocenters. The smallest absolute Gasteiger partial charge is 0.434 e. The van der Waals surface area contributed by atoms with Gasteiger partial charge in [0.15, 0.2) is 17.3 Å². The van der Waals surface area contributed by atoms with Gasteiger partial charge in [-0.3, -0.25) is 0 Å². The molecule has 0 saturated heterocycles. The van der Waals surface area contributed by atoms with Gasteiger partial charge in [-0.15, -0.1) is 0 Å². The topological polar surface area (TPSA) is 40.2 Å². The molecule has 0 aliphatic carbocycles. The second-order valence-electron chi connectivity index (χ2n) is 6.45. The fraction of sp³-hybridized carbons (Fsp3) is 0.136. The quantitative estimate of drug-likeness (QED) is 0.421. The van der Waals surface area contributed by atoms with Gasteiger partial charge in [-0.25, -0.2) is 4.98 Å². The zero-order chi connectivity index (χ0) is 20.4. The molecule has 29 heavy (non-hydrogen) atoms. The number of rotatable bonds is 5. The molecule has 0 spiro atoms. The summed E-state index contributed by atoms with van der Waals surface area (Å²) in [4.78, 5) is 3.81. The van der Waals surface area contributed by atoms with Crippen LogP contribution >= 0.6 is 0 Å². The summed E-state index contributed by atoms with van der Waals surface area (Å²) in [5.74, 6) is 1.63. The van der Waals surface area contributed by atoms with Crippen LogP contribution in [0.3, 0.4) is 0 Å². The molecular formula is C22H17F3N2O2. The summed E-state index contributed by atoms with van der Waals surface area (Å²) in [6, 6.07) is 19.8. The zero-order valence-corrected chi connectivity index (χ0v) is 15.5.